The first-order valence-electron chi connectivity index (χ1n) is 39.8. The van der Waals surface area contributed by atoms with E-state index in [1.165, 1.54) is 22.3 Å². The lowest BCUT2D eigenvalue weighted by atomic mass is 10.0. The summed E-state index contributed by atoms with van der Waals surface area (Å²) in [4.78, 5) is 47.8. The van der Waals surface area contributed by atoms with Crippen LogP contribution in [-0.2, 0) is 0 Å². The van der Waals surface area contributed by atoms with E-state index in [1.54, 1.807) is 0 Å². The quantitative estimate of drug-likeness (QED) is 0.104. The van der Waals surface area contributed by atoms with Crippen molar-refractivity contribution in [2.45, 2.75) is 34.6 Å². The van der Waals surface area contributed by atoms with Gasteiger partial charge in [-0.05, 0) is 76.6 Å². The number of benzene rings is 14. The number of aromatic nitrogens is 10. The monoisotopic (exact) mass is 1530 g/mol. The fraction of sp³-hybridized carbons (Fsp3) is 0.0459. The van der Waals surface area contributed by atoms with Gasteiger partial charge in [-0.25, -0.2) is 49.8 Å². The maximum absolute atomic E-state index is 4.85. The second kappa shape index (κ2) is 39.0. The maximum Gasteiger partial charge on any atom is 0.160 e. The van der Waals surface area contributed by atoms with Crippen LogP contribution in [0.3, 0.4) is 0 Å². The Morgan fingerprint density at radius 2 is 0.345 bits per heavy atom. The van der Waals surface area contributed by atoms with Crippen LogP contribution in [0.4, 0.5) is 0 Å². The summed E-state index contributed by atoms with van der Waals surface area (Å²) in [5, 5.41) is 0. The number of hydrogen-bond donors (Lipinski definition) is 0. The molecule has 19 rings (SSSR count). The molecule has 19 aromatic rings. The van der Waals surface area contributed by atoms with Crippen LogP contribution >= 0.6 is 0 Å². The average Bonchev–Trinajstić information content (AvgIpc) is 0.827. The molecule has 0 fully saturated rings. The van der Waals surface area contributed by atoms with E-state index in [0.717, 1.165) is 164 Å². The molecule has 0 radical (unpaired) electrons. The molecular weight excluding hydrogens is 1450 g/mol. The van der Waals surface area contributed by atoms with Gasteiger partial charge < -0.3 is 0 Å². The summed E-state index contributed by atoms with van der Waals surface area (Å²) < 4.78 is 0. The van der Waals surface area contributed by atoms with Gasteiger partial charge in [-0.1, -0.05) is 411 Å². The molecule has 0 aliphatic rings. The lowest BCUT2D eigenvalue weighted by Crippen LogP contribution is -1.97. The Labute approximate surface area is 697 Å². The molecule has 0 saturated carbocycles. The van der Waals surface area contributed by atoms with Crippen LogP contribution in [0.25, 0.3) is 158 Å². The van der Waals surface area contributed by atoms with Gasteiger partial charge in [0.2, 0.25) is 0 Å². The molecule has 10 heteroatoms. The highest BCUT2D eigenvalue weighted by Crippen LogP contribution is 2.34. The molecule has 0 atom stereocenters. The molecule has 0 aliphatic carbocycles. The molecule has 119 heavy (non-hydrogen) atoms. The average molecular weight is 1540 g/mol. The third-order valence-corrected chi connectivity index (χ3v) is 19.7. The summed E-state index contributed by atoms with van der Waals surface area (Å²) in [6.45, 7) is 10.4. The van der Waals surface area contributed by atoms with Crippen molar-refractivity contribution in [2.24, 2.45) is 0 Å². The topological polar surface area (TPSA) is 129 Å². The summed E-state index contributed by atoms with van der Waals surface area (Å²) in [7, 11) is 0. The molecule has 0 spiro atoms. The Balaban J connectivity index is 0.000000116. The zero-order valence-electron chi connectivity index (χ0n) is 67.0. The Bertz CT molecular complexity index is 6000. The highest BCUT2D eigenvalue weighted by Gasteiger charge is 2.17. The van der Waals surface area contributed by atoms with E-state index in [9.17, 15) is 0 Å². The molecule has 0 amide bonds. The molecule has 14 aromatic carbocycles. The standard InChI is InChI=1S/4C23H18N2.C17H14N2/c1-17-10-8-9-15-20(17)23-24-21(18-11-4-2-5-12-18)16-22(25-23)19-13-6-3-7-14-19;1-17-9-8-14-20(15-17)23-24-21(18-10-4-2-5-11-18)16-22(25-23)19-12-6-3-7-13-19;1-17-12-14-19(15-13-17)22-16-21(18-8-4-2-5-9-18)24-23(25-22)20-10-6-3-7-11-20;1-17-12-14-20(15-13-17)23-24-21(18-8-4-2-5-9-18)16-22(25-23)19-10-6-3-7-11-19;1-13-12-16(14-8-4-2-5-9-14)19-17(18-13)15-10-6-3-7-11-15/h4*2-16H,1H3;2-12H,1H3. The smallest absolute Gasteiger partial charge is 0.160 e. The minimum atomic E-state index is 0.748. The first-order valence-corrected chi connectivity index (χ1v) is 39.8. The minimum absolute atomic E-state index is 0.748. The lowest BCUT2D eigenvalue weighted by Gasteiger charge is -2.10. The number of rotatable bonds is 14. The van der Waals surface area contributed by atoms with Gasteiger partial charge in [0.15, 0.2) is 29.1 Å². The highest BCUT2D eigenvalue weighted by molar-refractivity contribution is 5.77. The van der Waals surface area contributed by atoms with Crippen LogP contribution in [0.15, 0.2) is 431 Å². The van der Waals surface area contributed by atoms with Crippen molar-refractivity contribution in [1.82, 2.24) is 49.8 Å². The lowest BCUT2D eigenvalue weighted by molar-refractivity contribution is 1.11. The van der Waals surface area contributed by atoms with Gasteiger partial charge in [0.25, 0.3) is 0 Å². The van der Waals surface area contributed by atoms with Gasteiger partial charge >= 0.3 is 0 Å². The van der Waals surface area contributed by atoms with Gasteiger partial charge in [-0.3, -0.25) is 0 Å². The Morgan fingerprint density at radius 3 is 0.630 bits per heavy atom. The van der Waals surface area contributed by atoms with Gasteiger partial charge in [-0.2, -0.15) is 0 Å². The number of aryl methyl sites for hydroxylation is 5. The summed E-state index contributed by atoms with van der Waals surface area (Å²) in [5.41, 5.74) is 29.3. The normalized spacial score (nSPS) is 10.6. The van der Waals surface area contributed by atoms with Crippen LogP contribution in [0.2, 0.25) is 0 Å². The largest absolute Gasteiger partial charge is 0.233 e. The SMILES string of the molecule is Cc1cc(-c2ccccc2)nc(-c2ccccc2)n1.Cc1ccc(-c2cc(-c3ccccc3)nc(-c3ccccc3)n2)cc1.Cc1ccc(-c2nc(-c3ccccc3)cc(-c3ccccc3)n2)cc1.Cc1cccc(-c2nc(-c3ccccc3)cc(-c3ccccc3)n2)c1.Cc1ccccc1-c1nc(-c2ccccc2)cc(-c2ccccc2)n1. The van der Waals surface area contributed by atoms with Crippen LogP contribution in [0, 0.1) is 34.6 Å². The predicted octanol–water partition coefficient (Wildman–Crippen LogP) is 27.3. The second-order valence-electron chi connectivity index (χ2n) is 28.6. The first-order chi connectivity index (χ1) is 58.5. The van der Waals surface area contributed by atoms with Gasteiger partial charge in [0.05, 0.1) is 51.2 Å². The van der Waals surface area contributed by atoms with Crippen LogP contribution in [0.1, 0.15) is 27.9 Å². The van der Waals surface area contributed by atoms with E-state index < -0.39 is 0 Å². The number of nitrogens with zero attached hydrogens (tertiary/aromatic N) is 10. The molecule has 0 saturated heterocycles. The van der Waals surface area contributed by atoms with Crippen LogP contribution in [-0.4, -0.2) is 49.8 Å². The fourth-order valence-corrected chi connectivity index (χ4v) is 13.4. The van der Waals surface area contributed by atoms with Crippen molar-refractivity contribution in [3.05, 3.63) is 459 Å². The molecule has 0 N–H and O–H groups in total. The van der Waals surface area contributed by atoms with Crippen LogP contribution < -0.4 is 0 Å². The van der Waals surface area contributed by atoms with Crippen molar-refractivity contribution >= 4 is 0 Å². The van der Waals surface area contributed by atoms with E-state index >= 15 is 0 Å². The zero-order chi connectivity index (χ0) is 81.3. The fourth-order valence-electron chi connectivity index (χ4n) is 13.4. The van der Waals surface area contributed by atoms with E-state index in [4.69, 9.17) is 39.9 Å². The van der Waals surface area contributed by atoms with Gasteiger partial charge in [-0.15, -0.1) is 0 Å². The third kappa shape index (κ3) is 21.1. The Kier molecular flexibility index (Phi) is 25.8. The summed E-state index contributed by atoms with van der Waals surface area (Å²) >= 11 is 0. The third-order valence-electron chi connectivity index (χ3n) is 19.7. The van der Waals surface area contributed by atoms with Gasteiger partial charge in [0.1, 0.15) is 0 Å². The van der Waals surface area contributed by atoms with Crippen LogP contribution in [0.5, 0.6) is 0 Å². The maximum atomic E-state index is 4.85. The summed E-state index contributed by atoms with van der Waals surface area (Å²) in [5.74, 6) is 3.79. The molecule has 572 valence electrons. The zero-order valence-corrected chi connectivity index (χ0v) is 67.0. The molecule has 0 unspecified atom stereocenters. The van der Waals surface area contributed by atoms with E-state index in [1.807, 2.05) is 237 Å². The molecular formula is C109H86N10. The highest BCUT2D eigenvalue weighted by atomic mass is 14.9. The van der Waals surface area contributed by atoms with E-state index in [2.05, 4.69) is 238 Å². The number of hydrogen-bond acceptors (Lipinski definition) is 10. The Hall–Kier alpha value is -15.5. The van der Waals surface area contributed by atoms with Gasteiger partial charge in [0, 0.05) is 83.6 Å². The molecule has 5 heterocycles. The Morgan fingerprint density at radius 1 is 0.134 bits per heavy atom. The predicted molar refractivity (Wildman–Crippen MR) is 490 cm³/mol. The van der Waals surface area contributed by atoms with E-state index in [-0.39, 0.29) is 0 Å². The van der Waals surface area contributed by atoms with Crippen molar-refractivity contribution in [3.63, 3.8) is 0 Å². The first kappa shape index (κ1) is 78.7. The van der Waals surface area contributed by atoms with Crippen molar-refractivity contribution in [2.75, 3.05) is 0 Å². The van der Waals surface area contributed by atoms with Crippen molar-refractivity contribution < 1.29 is 0 Å². The summed E-state index contributed by atoms with van der Waals surface area (Å²) in [6.07, 6.45) is 0. The molecule has 0 bridgehead atoms. The van der Waals surface area contributed by atoms with Crippen molar-refractivity contribution in [1.29, 1.82) is 0 Å². The second-order valence-corrected chi connectivity index (χ2v) is 28.6. The molecule has 10 nitrogen and oxygen atoms in total. The molecule has 5 aromatic heterocycles. The van der Waals surface area contributed by atoms with E-state index in [0.29, 0.717) is 0 Å². The molecule has 0 aliphatic heterocycles. The summed E-state index contributed by atoms with van der Waals surface area (Å²) in [6, 6.07) is 146. The minimum Gasteiger partial charge on any atom is -0.233 e. The van der Waals surface area contributed by atoms with Crippen molar-refractivity contribution in [3.8, 4) is 158 Å².